The van der Waals surface area contributed by atoms with E-state index in [2.05, 4.69) is 13.8 Å². The number of hydrogen-bond donors (Lipinski definition) is 0. The van der Waals surface area contributed by atoms with Crippen LogP contribution in [0, 0.1) is 0 Å². The summed E-state index contributed by atoms with van der Waals surface area (Å²) in [6.07, 6.45) is 5.72. The molecular weight excluding hydrogens is 123 g/mol. The lowest BCUT2D eigenvalue weighted by Crippen LogP contribution is -1.87. The van der Waals surface area contributed by atoms with Gasteiger partial charge in [-0.25, -0.2) is 0 Å². The van der Waals surface area contributed by atoms with E-state index in [1.165, 1.54) is 36.2 Å². The fraction of sp³-hybridized carbons (Fsp3) is 1.00. The molecule has 0 amide bonds. The third-order valence-corrected chi connectivity index (χ3v) is 3.16. The van der Waals surface area contributed by atoms with Crippen molar-refractivity contribution in [1.29, 1.82) is 0 Å². The van der Waals surface area contributed by atoms with Crippen molar-refractivity contribution < 1.29 is 0 Å². The first kappa shape index (κ1) is 9.53. The molecule has 0 rings (SSSR count). The summed E-state index contributed by atoms with van der Waals surface area (Å²) in [7, 11) is 0. The maximum atomic E-state index is 2.28. The summed E-state index contributed by atoms with van der Waals surface area (Å²) in [5, 5.41) is 3.08. The number of unbranched alkanes of at least 4 members (excludes halogenated alkanes) is 2. The van der Waals surface area contributed by atoms with E-state index >= 15 is 0 Å². The van der Waals surface area contributed by atoms with Gasteiger partial charge in [0.15, 0.2) is 15.2 Å². The van der Waals surface area contributed by atoms with Crippen LogP contribution in [0.15, 0.2) is 0 Å². The third-order valence-electron chi connectivity index (χ3n) is 1.52. The molecule has 0 heterocycles. The molecule has 1 radical (unpaired) electrons. The van der Waals surface area contributed by atoms with Gasteiger partial charge in [-0.15, -0.1) is 10.6 Å². The van der Waals surface area contributed by atoms with E-state index < -0.39 is 0 Å². The maximum Gasteiger partial charge on any atom is 0.199 e. The van der Waals surface area contributed by atoms with Gasteiger partial charge >= 0.3 is 0 Å². The van der Waals surface area contributed by atoms with Crippen LogP contribution in [0.2, 0.25) is 10.6 Å². The molecule has 0 saturated heterocycles. The summed E-state index contributed by atoms with van der Waals surface area (Å²) in [6.45, 7) is 4.55. The molecule has 0 aromatic rings. The Labute approximate surface area is 65.7 Å². The van der Waals surface area contributed by atoms with Crippen LogP contribution < -0.4 is 0 Å². The lowest BCUT2D eigenvalue weighted by molar-refractivity contribution is 0.851. The van der Waals surface area contributed by atoms with Crippen LogP contribution in [0.1, 0.15) is 39.5 Å². The summed E-state index contributed by atoms with van der Waals surface area (Å²) in [5.74, 6) is 0. The van der Waals surface area contributed by atoms with E-state index in [1.807, 2.05) is 0 Å². The van der Waals surface area contributed by atoms with Gasteiger partial charge < -0.3 is 0 Å². The monoisotopic (exact) mass is 141 g/mol. The molecule has 0 aliphatic carbocycles. The zero-order valence-electron chi connectivity index (χ0n) is 6.82. The largest absolute Gasteiger partial charge is 0.199 e. The van der Waals surface area contributed by atoms with E-state index in [0.717, 1.165) is 15.2 Å². The second kappa shape index (κ2) is 8.53. The van der Waals surface area contributed by atoms with Crippen LogP contribution in [0.5, 0.6) is 0 Å². The van der Waals surface area contributed by atoms with Crippen molar-refractivity contribution in [3.05, 3.63) is 0 Å². The molecule has 0 fully saturated rings. The fourth-order valence-corrected chi connectivity index (χ4v) is 2.52. The van der Waals surface area contributed by atoms with E-state index in [0.29, 0.717) is 0 Å². The highest BCUT2D eigenvalue weighted by Crippen LogP contribution is 1.99. The SMILES string of the molecule is CCC[CH2][Al][CH2]CCC. The number of rotatable bonds is 6. The maximum absolute atomic E-state index is 2.28. The van der Waals surface area contributed by atoms with Gasteiger partial charge in [0.2, 0.25) is 0 Å². The summed E-state index contributed by atoms with van der Waals surface area (Å²) >= 11 is 0.818. The number of hydrogen-bond acceptors (Lipinski definition) is 0. The smallest absolute Gasteiger partial charge is 0.104 e. The lowest BCUT2D eigenvalue weighted by atomic mass is 10.4. The van der Waals surface area contributed by atoms with Crippen molar-refractivity contribution in [2.24, 2.45) is 0 Å². The van der Waals surface area contributed by atoms with Crippen LogP contribution in [-0.2, 0) is 0 Å². The molecule has 0 bridgehead atoms. The molecule has 0 unspecified atom stereocenters. The van der Waals surface area contributed by atoms with E-state index in [-0.39, 0.29) is 0 Å². The van der Waals surface area contributed by atoms with Gasteiger partial charge in [0.1, 0.15) is 0 Å². The van der Waals surface area contributed by atoms with Crippen LogP contribution in [0.3, 0.4) is 0 Å². The minimum absolute atomic E-state index is 0.818. The zero-order valence-corrected chi connectivity index (χ0v) is 7.97. The molecule has 0 aromatic carbocycles. The van der Waals surface area contributed by atoms with Gasteiger partial charge in [0.05, 0.1) is 0 Å². The molecule has 0 atom stereocenters. The highest BCUT2D eigenvalue weighted by atomic mass is 27.1. The minimum atomic E-state index is 0.818. The van der Waals surface area contributed by atoms with Crippen molar-refractivity contribution >= 4 is 15.2 Å². The van der Waals surface area contributed by atoms with Crippen LogP contribution in [-0.4, -0.2) is 15.2 Å². The van der Waals surface area contributed by atoms with Crippen molar-refractivity contribution in [3.63, 3.8) is 0 Å². The van der Waals surface area contributed by atoms with Gasteiger partial charge in [-0.1, -0.05) is 39.5 Å². The van der Waals surface area contributed by atoms with Gasteiger partial charge in [-0.05, 0) is 0 Å². The van der Waals surface area contributed by atoms with Crippen molar-refractivity contribution in [2.75, 3.05) is 0 Å². The molecule has 9 heavy (non-hydrogen) atoms. The van der Waals surface area contributed by atoms with Crippen LogP contribution >= 0.6 is 0 Å². The topological polar surface area (TPSA) is 0 Å². The molecule has 0 N–H and O–H groups in total. The van der Waals surface area contributed by atoms with Crippen LogP contribution in [0.4, 0.5) is 0 Å². The van der Waals surface area contributed by atoms with Crippen molar-refractivity contribution in [1.82, 2.24) is 0 Å². The predicted octanol–water partition coefficient (Wildman–Crippen LogP) is 3.13. The van der Waals surface area contributed by atoms with Gasteiger partial charge in [0, 0.05) is 0 Å². The lowest BCUT2D eigenvalue weighted by Gasteiger charge is -1.93. The highest BCUT2D eigenvalue weighted by Gasteiger charge is 1.89. The molecule has 53 valence electrons. The zero-order chi connectivity index (χ0) is 6.95. The molecule has 0 aliphatic rings. The predicted molar refractivity (Wildman–Crippen MR) is 45.2 cm³/mol. The Morgan fingerprint density at radius 3 is 1.67 bits per heavy atom. The van der Waals surface area contributed by atoms with Gasteiger partial charge in [-0.3, -0.25) is 0 Å². The molecule has 0 nitrogen and oxygen atoms in total. The Morgan fingerprint density at radius 1 is 0.889 bits per heavy atom. The Morgan fingerprint density at radius 2 is 1.33 bits per heavy atom. The van der Waals surface area contributed by atoms with E-state index in [4.69, 9.17) is 0 Å². The average Bonchev–Trinajstić information content (AvgIpc) is 1.89. The normalized spacial score (nSPS) is 9.56. The summed E-state index contributed by atoms with van der Waals surface area (Å²) in [5.41, 5.74) is 0. The molecule has 1 heteroatoms. The standard InChI is InChI=1S/2C4H9.Al/c2*1-3-4-2;/h2*1,3-4H2,2H3;. The molecule has 0 aliphatic heterocycles. The first-order chi connectivity index (χ1) is 4.41. The fourth-order valence-electron chi connectivity index (χ4n) is 0.841. The molecule has 0 saturated carbocycles. The quantitative estimate of drug-likeness (QED) is 0.394. The highest BCUT2D eigenvalue weighted by molar-refractivity contribution is 6.35. The van der Waals surface area contributed by atoms with Gasteiger partial charge in [0.25, 0.3) is 0 Å². The minimum Gasteiger partial charge on any atom is -0.104 e. The Bertz CT molecular complexity index is 37.8. The Hall–Kier alpha value is 0.532. The molecular formula is C8H18Al. The summed E-state index contributed by atoms with van der Waals surface area (Å²) < 4.78 is 0. The second-order valence-electron chi connectivity index (χ2n) is 2.57. The Kier molecular flexibility index (Phi) is 9.04. The first-order valence-corrected chi connectivity index (χ1v) is 5.86. The van der Waals surface area contributed by atoms with Gasteiger partial charge in [-0.2, -0.15) is 0 Å². The summed E-state index contributed by atoms with van der Waals surface area (Å²) in [4.78, 5) is 0. The van der Waals surface area contributed by atoms with Crippen molar-refractivity contribution in [2.45, 2.75) is 50.1 Å². The summed E-state index contributed by atoms with van der Waals surface area (Å²) in [6, 6.07) is 0. The van der Waals surface area contributed by atoms with Crippen molar-refractivity contribution in [3.8, 4) is 0 Å². The Balaban J connectivity index is 2.60. The first-order valence-electron chi connectivity index (χ1n) is 4.23. The molecule has 0 aromatic heterocycles. The molecule has 0 spiro atoms. The second-order valence-corrected chi connectivity index (χ2v) is 4.31. The van der Waals surface area contributed by atoms with E-state index in [9.17, 15) is 0 Å². The third kappa shape index (κ3) is 8.53. The van der Waals surface area contributed by atoms with E-state index in [1.54, 1.807) is 0 Å². The average molecular weight is 141 g/mol. The van der Waals surface area contributed by atoms with Crippen LogP contribution in [0.25, 0.3) is 0 Å².